The summed E-state index contributed by atoms with van der Waals surface area (Å²) in [6.07, 6.45) is 0. The molecule has 0 aliphatic carbocycles. The lowest BCUT2D eigenvalue weighted by Crippen LogP contribution is -2.49. The number of aryl methyl sites for hydroxylation is 1. The number of para-hydroxylation sites is 1. The fourth-order valence-corrected chi connectivity index (χ4v) is 3.48. The number of anilines is 1. The zero-order valence-corrected chi connectivity index (χ0v) is 15.3. The van der Waals surface area contributed by atoms with Crippen LogP contribution in [0.3, 0.4) is 0 Å². The van der Waals surface area contributed by atoms with E-state index in [4.69, 9.17) is 16.3 Å². The van der Waals surface area contributed by atoms with Gasteiger partial charge in [-0.1, -0.05) is 54.1 Å². The van der Waals surface area contributed by atoms with Gasteiger partial charge in [-0.3, -0.25) is 9.69 Å². The number of hydrogen-bond acceptors (Lipinski definition) is 3. The summed E-state index contributed by atoms with van der Waals surface area (Å²) in [7, 11) is 0. The molecule has 3 rings (SSSR count). The van der Waals surface area contributed by atoms with Crippen LogP contribution in [0.4, 0.5) is 5.69 Å². The van der Waals surface area contributed by atoms with E-state index in [-0.39, 0.29) is 18.0 Å². The number of morpholine rings is 1. The number of halogens is 1. The normalized spacial score (nSPS) is 21.1. The predicted octanol–water partition coefficient (Wildman–Crippen LogP) is 4.05. The highest BCUT2D eigenvalue weighted by molar-refractivity contribution is 6.33. The van der Waals surface area contributed by atoms with Crippen molar-refractivity contribution in [3.8, 4) is 0 Å². The third kappa shape index (κ3) is 4.21. The summed E-state index contributed by atoms with van der Waals surface area (Å²) >= 11 is 6.22. The van der Waals surface area contributed by atoms with E-state index in [0.29, 0.717) is 30.5 Å². The van der Waals surface area contributed by atoms with Crippen LogP contribution in [0.15, 0.2) is 48.5 Å². The van der Waals surface area contributed by atoms with Crippen molar-refractivity contribution in [1.82, 2.24) is 4.90 Å². The van der Waals surface area contributed by atoms with Gasteiger partial charge in [-0.25, -0.2) is 0 Å². The Morgan fingerprint density at radius 2 is 1.96 bits per heavy atom. The molecule has 1 heterocycles. The molecule has 1 N–H and O–H groups in total. The molecule has 25 heavy (non-hydrogen) atoms. The van der Waals surface area contributed by atoms with Gasteiger partial charge >= 0.3 is 0 Å². The lowest BCUT2D eigenvalue weighted by atomic mass is 10.0. The number of rotatable bonds is 4. The number of ether oxygens (including phenoxy) is 1. The standard InChI is InChI=1S/C20H23ClN2O2/c1-14-7-6-10-17(21)20(14)22-19(24)11-23-15(2)12-25-13-18(23)16-8-4-3-5-9-16/h3-10,15,18H,11-13H2,1-2H3,(H,22,24)/t15-,18-/m1/s1. The van der Waals surface area contributed by atoms with Crippen molar-refractivity contribution < 1.29 is 9.53 Å². The average molecular weight is 359 g/mol. The van der Waals surface area contributed by atoms with E-state index in [1.807, 2.05) is 37.3 Å². The van der Waals surface area contributed by atoms with Crippen molar-refractivity contribution in [2.24, 2.45) is 0 Å². The van der Waals surface area contributed by atoms with Crippen LogP contribution >= 0.6 is 11.6 Å². The van der Waals surface area contributed by atoms with Gasteiger partial charge < -0.3 is 10.1 Å². The summed E-state index contributed by atoms with van der Waals surface area (Å²) in [6.45, 7) is 5.54. The molecule has 0 aromatic heterocycles. The number of nitrogens with one attached hydrogen (secondary N) is 1. The topological polar surface area (TPSA) is 41.6 Å². The molecule has 0 radical (unpaired) electrons. The molecule has 1 saturated heterocycles. The molecule has 4 nitrogen and oxygen atoms in total. The summed E-state index contributed by atoms with van der Waals surface area (Å²) in [5, 5.41) is 3.52. The zero-order chi connectivity index (χ0) is 17.8. The van der Waals surface area contributed by atoms with Crippen LogP contribution in [0.2, 0.25) is 5.02 Å². The smallest absolute Gasteiger partial charge is 0.238 e. The number of carbonyl (C=O) groups is 1. The van der Waals surface area contributed by atoms with Crippen LogP contribution < -0.4 is 5.32 Å². The minimum atomic E-state index is -0.0640. The Kier molecular flexibility index (Phi) is 5.74. The number of carbonyl (C=O) groups excluding carboxylic acids is 1. The van der Waals surface area contributed by atoms with Gasteiger partial charge in [0.05, 0.1) is 36.5 Å². The molecule has 2 atom stereocenters. The summed E-state index contributed by atoms with van der Waals surface area (Å²) in [4.78, 5) is 14.9. The van der Waals surface area contributed by atoms with E-state index < -0.39 is 0 Å². The summed E-state index contributed by atoms with van der Waals surface area (Å²) in [5.74, 6) is -0.0640. The Balaban J connectivity index is 1.75. The quantitative estimate of drug-likeness (QED) is 0.896. The monoisotopic (exact) mass is 358 g/mol. The van der Waals surface area contributed by atoms with Crippen LogP contribution in [-0.2, 0) is 9.53 Å². The van der Waals surface area contributed by atoms with Crippen molar-refractivity contribution in [3.63, 3.8) is 0 Å². The number of benzene rings is 2. The molecule has 0 bridgehead atoms. The number of nitrogens with zero attached hydrogens (tertiary/aromatic N) is 1. The molecule has 0 saturated carbocycles. The Hall–Kier alpha value is -1.88. The van der Waals surface area contributed by atoms with Crippen LogP contribution in [0.1, 0.15) is 24.1 Å². The first-order valence-corrected chi connectivity index (χ1v) is 8.87. The van der Waals surface area contributed by atoms with E-state index in [1.165, 1.54) is 0 Å². The second-order valence-electron chi connectivity index (χ2n) is 6.47. The molecule has 1 fully saturated rings. The fraction of sp³-hybridized carbons (Fsp3) is 0.350. The van der Waals surface area contributed by atoms with Crippen LogP contribution in [0.5, 0.6) is 0 Å². The summed E-state index contributed by atoms with van der Waals surface area (Å²) in [6, 6.07) is 16.0. The predicted molar refractivity (Wildman–Crippen MR) is 101 cm³/mol. The van der Waals surface area contributed by atoms with Gasteiger partial charge in [0, 0.05) is 6.04 Å². The fourth-order valence-electron chi connectivity index (χ4n) is 3.21. The lowest BCUT2D eigenvalue weighted by molar-refractivity contribution is -0.121. The van der Waals surface area contributed by atoms with Crippen molar-refractivity contribution in [2.75, 3.05) is 25.1 Å². The molecule has 1 aliphatic heterocycles. The first-order valence-electron chi connectivity index (χ1n) is 8.49. The Bertz CT molecular complexity index is 715. The third-order valence-electron chi connectivity index (χ3n) is 4.60. The minimum Gasteiger partial charge on any atom is -0.378 e. The van der Waals surface area contributed by atoms with Crippen LogP contribution in [-0.4, -0.2) is 36.6 Å². The summed E-state index contributed by atoms with van der Waals surface area (Å²) < 4.78 is 5.72. The number of hydrogen-bond donors (Lipinski definition) is 1. The molecular weight excluding hydrogens is 336 g/mol. The highest BCUT2D eigenvalue weighted by atomic mass is 35.5. The first kappa shape index (κ1) is 17.9. The third-order valence-corrected chi connectivity index (χ3v) is 4.91. The first-order chi connectivity index (χ1) is 12.1. The van der Waals surface area contributed by atoms with Gasteiger partial charge in [-0.05, 0) is 31.0 Å². The molecule has 5 heteroatoms. The van der Waals surface area contributed by atoms with E-state index in [9.17, 15) is 4.79 Å². The Morgan fingerprint density at radius 3 is 2.68 bits per heavy atom. The lowest BCUT2D eigenvalue weighted by Gasteiger charge is -2.40. The maximum atomic E-state index is 12.7. The van der Waals surface area contributed by atoms with Crippen molar-refractivity contribution in [1.29, 1.82) is 0 Å². The molecule has 0 unspecified atom stereocenters. The highest BCUT2D eigenvalue weighted by Gasteiger charge is 2.31. The van der Waals surface area contributed by atoms with Crippen molar-refractivity contribution >= 4 is 23.2 Å². The molecule has 2 aromatic carbocycles. The summed E-state index contributed by atoms with van der Waals surface area (Å²) in [5.41, 5.74) is 2.80. The van der Waals surface area contributed by atoms with Gasteiger partial charge in [0.15, 0.2) is 0 Å². The Labute approximate surface area is 153 Å². The molecule has 0 spiro atoms. The average Bonchev–Trinajstić information content (AvgIpc) is 2.61. The number of amides is 1. The van der Waals surface area contributed by atoms with Crippen LogP contribution in [0, 0.1) is 6.92 Å². The largest absolute Gasteiger partial charge is 0.378 e. The maximum absolute atomic E-state index is 12.7. The molecule has 2 aromatic rings. The molecule has 1 aliphatic rings. The Morgan fingerprint density at radius 1 is 1.20 bits per heavy atom. The zero-order valence-electron chi connectivity index (χ0n) is 14.5. The van der Waals surface area contributed by atoms with Gasteiger partial charge in [0.25, 0.3) is 0 Å². The molecule has 1 amide bonds. The SMILES string of the molecule is Cc1cccc(Cl)c1NC(=O)CN1[C@H](C)COC[C@@H]1c1ccccc1. The van der Waals surface area contributed by atoms with Crippen molar-refractivity contribution in [2.45, 2.75) is 25.9 Å². The maximum Gasteiger partial charge on any atom is 0.238 e. The molecule has 132 valence electrons. The second-order valence-corrected chi connectivity index (χ2v) is 6.87. The van der Waals surface area contributed by atoms with Gasteiger partial charge in [-0.15, -0.1) is 0 Å². The van der Waals surface area contributed by atoms with Gasteiger partial charge in [0.1, 0.15) is 0 Å². The van der Waals surface area contributed by atoms with Gasteiger partial charge in [0.2, 0.25) is 5.91 Å². The minimum absolute atomic E-state index is 0.0640. The molecular formula is C20H23ClN2O2. The second kappa shape index (κ2) is 8.00. The van der Waals surface area contributed by atoms with E-state index in [1.54, 1.807) is 6.07 Å². The van der Waals surface area contributed by atoms with Gasteiger partial charge in [-0.2, -0.15) is 0 Å². The van der Waals surface area contributed by atoms with E-state index in [2.05, 4.69) is 29.3 Å². The highest BCUT2D eigenvalue weighted by Crippen LogP contribution is 2.28. The van der Waals surface area contributed by atoms with E-state index >= 15 is 0 Å². The van der Waals surface area contributed by atoms with Crippen molar-refractivity contribution in [3.05, 3.63) is 64.7 Å². The van der Waals surface area contributed by atoms with E-state index in [0.717, 1.165) is 11.1 Å². The van der Waals surface area contributed by atoms with Crippen LogP contribution in [0.25, 0.3) is 0 Å².